The number of aromatic nitrogens is 5. The number of thiazole rings is 1. The number of nitrogens with one attached hydrogen (secondary N) is 1. The third-order valence-electron chi connectivity index (χ3n) is 2.26. The Bertz CT molecular complexity index is 663. The third kappa shape index (κ3) is 2.59. The van der Waals surface area contributed by atoms with Gasteiger partial charge in [-0.2, -0.15) is 0 Å². The van der Waals surface area contributed by atoms with Gasteiger partial charge in [-0.05, 0) is 6.92 Å². The average Bonchev–Trinajstić information content (AvgIpc) is 3.08. The van der Waals surface area contributed by atoms with Crippen LogP contribution in [0.4, 0.5) is 5.13 Å². The Morgan fingerprint density at radius 3 is 2.89 bits per heavy atom. The van der Waals surface area contributed by atoms with E-state index in [1.54, 1.807) is 18.6 Å². The van der Waals surface area contributed by atoms with Gasteiger partial charge in [-0.3, -0.25) is 9.97 Å². The lowest BCUT2D eigenvalue weighted by Crippen LogP contribution is -1.94. The van der Waals surface area contributed by atoms with E-state index in [-0.39, 0.29) is 0 Å². The number of anilines is 1. The van der Waals surface area contributed by atoms with Crippen LogP contribution in [0.2, 0.25) is 0 Å². The molecule has 0 aliphatic rings. The average molecular weight is 290 g/mol. The highest BCUT2D eigenvalue weighted by atomic mass is 32.1. The highest BCUT2D eigenvalue weighted by Crippen LogP contribution is 2.30. The van der Waals surface area contributed by atoms with Crippen molar-refractivity contribution in [3.63, 3.8) is 0 Å². The fraction of sp³-hybridized carbons (Fsp3) is 0.182. The van der Waals surface area contributed by atoms with Crippen molar-refractivity contribution in [2.75, 3.05) is 11.9 Å². The molecule has 3 rings (SSSR count). The van der Waals surface area contributed by atoms with Gasteiger partial charge in [0.2, 0.25) is 5.13 Å². The normalized spacial score (nSPS) is 10.6. The number of rotatable bonds is 4. The molecule has 0 unspecified atom stereocenters. The molecule has 0 amide bonds. The Morgan fingerprint density at radius 2 is 2.11 bits per heavy atom. The van der Waals surface area contributed by atoms with E-state index in [1.165, 1.54) is 22.7 Å². The van der Waals surface area contributed by atoms with Crippen molar-refractivity contribution >= 4 is 27.8 Å². The highest BCUT2D eigenvalue weighted by molar-refractivity contribution is 7.19. The molecule has 6 nitrogen and oxygen atoms in total. The lowest BCUT2D eigenvalue weighted by Gasteiger charge is -1.92. The van der Waals surface area contributed by atoms with Crippen LogP contribution < -0.4 is 5.32 Å². The Morgan fingerprint density at radius 1 is 1.16 bits per heavy atom. The van der Waals surface area contributed by atoms with E-state index in [1.807, 2.05) is 12.3 Å². The molecule has 0 bridgehead atoms. The largest absolute Gasteiger partial charge is 0.360 e. The highest BCUT2D eigenvalue weighted by Gasteiger charge is 2.11. The van der Waals surface area contributed by atoms with Gasteiger partial charge in [0.25, 0.3) is 0 Å². The molecule has 19 heavy (non-hydrogen) atoms. The summed E-state index contributed by atoms with van der Waals surface area (Å²) in [6.45, 7) is 2.85. The fourth-order valence-electron chi connectivity index (χ4n) is 1.45. The Hall–Kier alpha value is -1.93. The van der Waals surface area contributed by atoms with Gasteiger partial charge in [0.15, 0.2) is 5.01 Å². The van der Waals surface area contributed by atoms with Crippen molar-refractivity contribution in [2.24, 2.45) is 0 Å². The van der Waals surface area contributed by atoms with Crippen LogP contribution in [-0.4, -0.2) is 31.7 Å². The molecule has 0 aromatic carbocycles. The summed E-state index contributed by atoms with van der Waals surface area (Å²) in [6.07, 6.45) is 5.00. The van der Waals surface area contributed by atoms with Crippen molar-refractivity contribution < 1.29 is 0 Å². The van der Waals surface area contributed by atoms with Crippen molar-refractivity contribution in [3.05, 3.63) is 24.0 Å². The predicted octanol–water partition coefficient (Wildman–Crippen LogP) is 2.55. The quantitative estimate of drug-likeness (QED) is 0.795. The third-order valence-corrected chi connectivity index (χ3v) is 4.03. The smallest absolute Gasteiger partial charge is 0.206 e. The maximum atomic E-state index is 4.52. The van der Waals surface area contributed by atoms with Gasteiger partial charge in [-0.15, -0.1) is 21.5 Å². The summed E-state index contributed by atoms with van der Waals surface area (Å²) in [7, 11) is 0. The minimum atomic E-state index is 0.773. The van der Waals surface area contributed by atoms with E-state index in [2.05, 4.69) is 30.5 Å². The lowest BCUT2D eigenvalue weighted by molar-refractivity contribution is 1.07. The van der Waals surface area contributed by atoms with Gasteiger partial charge in [0, 0.05) is 24.3 Å². The van der Waals surface area contributed by atoms with Gasteiger partial charge in [0.1, 0.15) is 16.4 Å². The summed E-state index contributed by atoms with van der Waals surface area (Å²) >= 11 is 3.02. The molecule has 0 saturated carbocycles. The molecule has 0 aliphatic carbocycles. The van der Waals surface area contributed by atoms with E-state index in [0.717, 1.165) is 33.1 Å². The van der Waals surface area contributed by atoms with Crippen molar-refractivity contribution in [1.29, 1.82) is 0 Å². The Balaban J connectivity index is 1.88. The molecule has 0 saturated heterocycles. The van der Waals surface area contributed by atoms with E-state index >= 15 is 0 Å². The molecule has 0 radical (unpaired) electrons. The Labute approximate surface area is 117 Å². The first-order valence-electron chi connectivity index (χ1n) is 5.66. The zero-order valence-electron chi connectivity index (χ0n) is 10.1. The van der Waals surface area contributed by atoms with Crippen LogP contribution in [-0.2, 0) is 0 Å². The molecular formula is C11H10N6S2. The zero-order valence-corrected chi connectivity index (χ0v) is 11.7. The second-order valence-corrected chi connectivity index (χ2v) is 5.41. The first-order chi connectivity index (χ1) is 9.36. The summed E-state index contributed by atoms with van der Waals surface area (Å²) < 4.78 is 0. The Kier molecular flexibility index (Phi) is 3.43. The van der Waals surface area contributed by atoms with Gasteiger partial charge in [-0.25, -0.2) is 4.98 Å². The summed E-state index contributed by atoms with van der Waals surface area (Å²) in [5, 5.41) is 15.7. The zero-order chi connectivity index (χ0) is 13.1. The van der Waals surface area contributed by atoms with Crippen LogP contribution in [0.1, 0.15) is 6.92 Å². The molecule has 0 aliphatic heterocycles. The molecular weight excluding hydrogens is 280 g/mol. The molecule has 96 valence electrons. The first kappa shape index (κ1) is 12.1. The molecule has 0 spiro atoms. The second kappa shape index (κ2) is 5.37. The summed E-state index contributed by atoms with van der Waals surface area (Å²) in [5.74, 6) is 0. The van der Waals surface area contributed by atoms with Crippen LogP contribution in [0.3, 0.4) is 0 Å². The number of hydrogen-bond acceptors (Lipinski definition) is 8. The van der Waals surface area contributed by atoms with Crippen LogP contribution >= 0.6 is 22.7 Å². The molecule has 0 fully saturated rings. The summed E-state index contributed by atoms with van der Waals surface area (Å²) in [4.78, 5) is 12.8. The summed E-state index contributed by atoms with van der Waals surface area (Å²) in [5.41, 5.74) is 1.60. The van der Waals surface area contributed by atoms with Crippen LogP contribution in [0.5, 0.6) is 0 Å². The van der Waals surface area contributed by atoms with E-state index in [4.69, 9.17) is 0 Å². The van der Waals surface area contributed by atoms with Crippen molar-refractivity contribution in [2.45, 2.75) is 6.92 Å². The second-order valence-electron chi connectivity index (χ2n) is 3.57. The standard InChI is InChI=1S/C11H10N6S2/c1-2-13-11-17-16-10(19-11)8-6-18-9(15-8)7-5-12-3-4-14-7/h3-6H,2H2,1H3,(H,13,17). The van der Waals surface area contributed by atoms with E-state index in [9.17, 15) is 0 Å². The number of hydrogen-bond donors (Lipinski definition) is 1. The van der Waals surface area contributed by atoms with Gasteiger partial charge >= 0.3 is 0 Å². The molecule has 3 aromatic rings. The predicted molar refractivity (Wildman–Crippen MR) is 76.2 cm³/mol. The molecule has 8 heteroatoms. The van der Waals surface area contributed by atoms with Crippen LogP contribution in [0, 0.1) is 0 Å². The maximum Gasteiger partial charge on any atom is 0.206 e. The van der Waals surface area contributed by atoms with Crippen LogP contribution in [0.15, 0.2) is 24.0 Å². The lowest BCUT2D eigenvalue weighted by atomic mass is 10.4. The first-order valence-corrected chi connectivity index (χ1v) is 7.36. The van der Waals surface area contributed by atoms with Gasteiger partial charge in [0.05, 0.1) is 6.20 Å². The van der Waals surface area contributed by atoms with Gasteiger partial charge in [-0.1, -0.05) is 11.3 Å². The van der Waals surface area contributed by atoms with E-state index in [0.29, 0.717) is 0 Å². The number of nitrogens with zero attached hydrogens (tertiary/aromatic N) is 5. The van der Waals surface area contributed by atoms with Gasteiger partial charge < -0.3 is 5.32 Å². The van der Waals surface area contributed by atoms with Crippen molar-refractivity contribution in [1.82, 2.24) is 25.1 Å². The van der Waals surface area contributed by atoms with Crippen molar-refractivity contribution in [3.8, 4) is 21.4 Å². The topological polar surface area (TPSA) is 76.5 Å². The maximum absolute atomic E-state index is 4.52. The molecule has 0 atom stereocenters. The molecule has 3 heterocycles. The van der Waals surface area contributed by atoms with E-state index < -0.39 is 0 Å². The SMILES string of the molecule is CCNc1nnc(-c2csc(-c3cnccn3)n2)s1. The monoisotopic (exact) mass is 290 g/mol. The minimum absolute atomic E-state index is 0.773. The van der Waals surface area contributed by atoms with Crippen LogP contribution in [0.25, 0.3) is 21.4 Å². The molecule has 1 N–H and O–H groups in total. The minimum Gasteiger partial charge on any atom is -0.360 e. The fourth-order valence-corrected chi connectivity index (χ4v) is 3.06. The summed E-state index contributed by atoms with van der Waals surface area (Å²) in [6, 6.07) is 0. The molecule has 3 aromatic heterocycles.